The summed E-state index contributed by atoms with van der Waals surface area (Å²) >= 11 is 5.89. The van der Waals surface area contributed by atoms with Gasteiger partial charge in [-0.25, -0.2) is 4.39 Å². The maximum absolute atomic E-state index is 13.7. The maximum atomic E-state index is 13.7. The van der Waals surface area contributed by atoms with Gasteiger partial charge < -0.3 is 20.0 Å². The molecule has 0 atom stereocenters. The third kappa shape index (κ3) is 4.52. The number of aromatic nitrogens is 2. The predicted octanol–water partition coefficient (Wildman–Crippen LogP) is 4.59. The SMILES string of the molecule is Cc1nc([N+](=O)[O-])cn1CCC(=O)Nc1ccc(F)cc1-c1ccc(Cl)cc1. The van der Waals surface area contributed by atoms with E-state index in [1.807, 2.05) is 0 Å². The highest BCUT2D eigenvalue weighted by Gasteiger charge is 2.16. The average molecular weight is 403 g/mol. The van der Waals surface area contributed by atoms with E-state index in [4.69, 9.17) is 11.6 Å². The molecular weight excluding hydrogens is 387 g/mol. The van der Waals surface area contributed by atoms with Gasteiger partial charge >= 0.3 is 5.82 Å². The van der Waals surface area contributed by atoms with Crippen molar-refractivity contribution in [1.29, 1.82) is 0 Å². The number of nitro groups is 1. The third-order valence-corrected chi connectivity index (χ3v) is 4.39. The summed E-state index contributed by atoms with van der Waals surface area (Å²) in [6, 6.07) is 10.9. The highest BCUT2D eigenvalue weighted by atomic mass is 35.5. The standard InChI is InChI=1S/C19H16ClFN4O3/c1-12-22-18(25(27)28)11-24(12)9-8-19(26)23-17-7-6-15(21)10-16(17)13-2-4-14(20)5-3-13/h2-7,10-11H,8-9H2,1H3,(H,23,26). The molecule has 1 heterocycles. The Hall–Kier alpha value is -3.26. The van der Waals surface area contributed by atoms with Gasteiger partial charge in [-0.2, -0.15) is 0 Å². The molecule has 0 saturated carbocycles. The number of anilines is 1. The van der Waals surface area contributed by atoms with E-state index >= 15 is 0 Å². The molecule has 0 aliphatic rings. The summed E-state index contributed by atoms with van der Waals surface area (Å²) in [5.74, 6) is -0.550. The van der Waals surface area contributed by atoms with Crippen molar-refractivity contribution in [2.45, 2.75) is 19.9 Å². The van der Waals surface area contributed by atoms with Crippen LogP contribution in [0, 0.1) is 22.9 Å². The molecule has 144 valence electrons. The van der Waals surface area contributed by atoms with Gasteiger partial charge in [0.15, 0.2) is 0 Å². The van der Waals surface area contributed by atoms with Crippen LogP contribution in [0.15, 0.2) is 48.7 Å². The van der Waals surface area contributed by atoms with Crippen LogP contribution in [0.4, 0.5) is 15.9 Å². The molecule has 1 N–H and O–H groups in total. The Bertz CT molecular complexity index is 1030. The van der Waals surface area contributed by atoms with Gasteiger partial charge in [0.1, 0.15) is 12.0 Å². The van der Waals surface area contributed by atoms with Crippen molar-refractivity contribution in [2.75, 3.05) is 5.32 Å². The van der Waals surface area contributed by atoms with Crippen LogP contribution in [0.2, 0.25) is 5.02 Å². The number of amides is 1. The first-order chi connectivity index (χ1) is 13.3. The normalized spacial score (nSPS) is 10.7. The summed E-state index contributed by atoms with van der Waals surface area (Å²) in [5, 5.41) is 14.1. The van der Waals surface area contributed by atoms with E-state index in [2.05, 4.69) is 10.3 Å². The minimum absolute atomic E-state index is 0.0752. The van der Waals surface area contributed by atoms with E-state index in [9.17, 15) is 19.3 Å². The van der Waals surface area contributed by atoms with E-state index in [1.165, 1.54) is 24.4 Å². The van der Waals surface area contributed by atoms with Crippen molar-refractivity contribution in [2.24, 2.45) is 0 Å². The number of halogens is 2. The molecule has 3 aromatic rings. The molecular formula is C19H16ClFN4O3. The highest BCUT2D eigenvalue weighted by Crippen LogP contribution is 2.30. The Morgan fingerprint density at radius 3 is 2.64 bits per heavy atom. The zero-order chi connectivity index (χ0) is 20.3. The molecule has 9 heteroatoms. The van der Waals surface area contributed by atoms with Gasteiger partial charge in [0.25, 0.3) is 0 Å². The van der Waals surface area contributed by atoms with Crippen LogP contribution in [-0.2, 0) is 11.3 Å². The van der Waals surface area contributed by atoms with E-state index in [0.29, 0.717) is 27.7 Å². The van der Waals surface area contributed by atoms with Crippen molar-refractivity contribution in [3.63, 3.8) is 0 Å². The van der Waals surface area contributed by atoms with Gasteiger partial charge in [-0.1, -0.05) is 23.7 Å². The lowest BCUT2D eigenvalue weighted by molar-refractivity contribution is -0.389. The van der Waals surface area contributed by atoms with E-state index in [0.717, 1.165) is 0 Å². The third-order valence-electron chi connectivity index (χ3n) is 4.14. The summed E-state index contributed by atoms with van der Waals surface area (Å²) in [6.45, 7) is 1.86. The van der Waals surface area contributed by atoms with E-state index in [-0.39, 0.29) is 24.7 Å². The molecule has 0 bridgehead atoms. The Morgan fingerprint density at radius 1 is 1.29 bits per heavy atom. The summed E-state index contributed by atoms with van der Waals surface area (Å²) < 4.78 is 15.3. The Morgan fingerprint density at radius 2 is 2.00 bits per heavy atom. The number of hydrogen-bond donors (Lipinski definition) is 1. The number of carbonyl (C=O) groups is 1. The zero-order valence-corrected chi connectivity index (χ0v) is 15.6. The first-order valence-corrected chi connectivity index (χ1v) is 8.75. The largest absolute Gasteiger partial charge is 0.381 e. The van der Waals surface area contributed by atoms with E-state index < -0.39 is 10.7 Å². The molecule has 2 aromatic carbocycles. The molecule has 0 unspecified atom stereocenters. The molecule has 0 radical (unpaired) electrons. The fraction of sp³-hybridized carbons (Fsp3) is 0.158. The van der Waals surface area contributed by atoms with Gasteiger partial charge in [-0.3, -0.25) is 4.79 Å². The Labute approximate surface area is 164 Å². The topological polar surface area (TPSA) is 90.1 Å². The monoisotopic (exact) mass is 402 g/mol. The van der Waals surface area contributed by atoms with Gasteiger partial charge in [0, 0.05) is 36.2 Å². The summed E-state index contributed by atoms with van der Waals surface area (Å²) in [6.07, 6.45) is 1.37. The lowest BCUT2D eigenvalue weighted by atomic mass is 10.0. The maximum Gasteiger partial charge on any atom is 0.381 e. The highest BCUT2D eigenvalue weighted by molar-refractivity contribution is 6.30. The molecule has 7 nitrogen and oxygen atoms in total. The second-order valence-electron chi connectivity index (χ2n) is 6.09. The van der Waals surface area contributed by atoms with Crippen LogP contribution in [-0.4, -0.2) is 20.4 Å². The number of benzene rings is 2. The quantitative estimate of drug-likeness (QED) is 0.482. The second-order valence-corrected chi connectivity index (χ2v) is 6.53. The van der Waals surface area contributed by atoms with Crippen molar-refractivity contribution in [3.05, 3.63) is 75.4 Å². The lowest BCUT2D eigenvalue weighted by Crippen LogP contribution is -2.15. The number of imidazole rings is 1. The van der Waals surface area contributed by atoms with Crippen molar-refractivity contribution < 1.29 is 14.1 Å². The number of rotatable bonds is 6. The summed E-state index contributed by atoms with van der Waals surface area (Å²) in [4.78, 5) is 26.4. The molecule has 1 amide bonds. The van der Waals surface area contributed by atoms with Gasteiger partial charge in [0.2, 0.25) is 11.7 Å². The van der Waals surface area contributed by atoms with Crippen LogP contribution in [0.5, 0.6) is 0 Å². The minimum atomic E-state index is -0.583. The van der Waals surface area contributed by atoms with Gasteiger partial charge in [-0.05, 0) is 45.8 Å². The molecule has 0 aliphatic carbocycles. The Balaban J connectivity index is 1.74. The van der Waals surface area contributed by atoms with Crippen molar-refractivity contribution >= 4 is 29.0 Å². The number of nitrogens with zero attached hydrogens (tertiary/aromatic N) is 3. The van der Waals surface area contributed by atoms with Gasteiger partial charge in [-0.15, -0.1) is 0 Å². The van der Waals surface area contributed by atoms with Crippen molar-refractivity contribution in [1.82, 2.24) is 9.55 Å². The fourth-order valence-corrected chi connectivity index (χ4v) is 2.86. The number of nitrogens with one attached hydrogen (secondary N) is 1. The first kappa shape index (κ1) is 19.5. The molecule has 0 spiro atoms. The minimum Gasteiger partial charge on any atom is -0.358 e. The number of hydrogen-bond acceptors (Lipinski definition) is 4. The number of carbonyl (C=O) groups excluding carboxylic acids is 1. The smallest absolute Gasteiger partial charge is 0.358 e. The predicted molar refractivity (Wildman–Crippen MR) is 104 cm³/mol. The van der Waals surface area contributed by atoms with Crippen LogP contribution in [0.25, 0.3) is 11.1 Å². The van der Waals surface area contributed by atoms with E-state index in [1.54, 1.807) is 35.8 Å². The molecule has 1 aromatic heterocycles. The average Bonchev–Trinajstić information content (AvgIpc) is 3.03. The van der Waals surface area contributed by atoms with Crippen LogP contribution in [0.3, 0.4) is 0 Å². The molecule has 0 fully saturated rings. The molecule has 3 rings (SSSR count). The van der Waals surface area contributed by atoms with Crippen LogP contribution < -0.4 is 5.32 Å². The summed E-state index contributed by atoms with van der Waals surface area (Å²) in [7, 11) is 0. The zero-order valence-electron chi connectivity index (χ0n) is 14.9. The van der Waals surface area contributed by atoms with Gasteiger partial charge in [0.05, 0.1) is 0 Å². The lowest BCUT2D eigenvalue weighted by Gasteiger charge is -2.12. The first-order valence-electron chi connectivity index (χ1n) is 8.37. The Kier molecular flexibility index (Phi) is 5.70. The number of aryl methyl sites for hydroxylation is 2. The summed E-state index contributed by atoms with van der Waals surface area (Å²) in [5.41, 5.74) is 1.70. The molecule has 28 heavy (non-hydrogen) atoms. The second kappa shape index (κ2) is 8.18. The molecule has 0 saturated heterocycles. The van der Waals surface area contributed by atoms with Crippen LogP contribution in [0.1, 0.15) is 12.2 Å². The molecule has 0 aliphatic heterocycles. The fourth-order valence-electron chi connectivity index (χ4n) is 2.73. The van der Waals surface area contributed by atoms with Crippen LogP contribution >= 0.6 is 11.6 Å². The van der Waals surface area contributed by atoms with Crippen molar-refractivity contribution in [3.8, 4) is 11.1 Å².